The summed E-state index contributed by atoms with van der Waals surface area (Å²) in [4.78, 5) is 24.8. The van der Waals surface area contributed by atoms with Crippen LogP contribution in [0.1, 0.15) is 19.4 Å². The third kappa shape index (κ3) is 8.21. The van der Waals surface area contributed by atoms with Gasteiger partial charge >= 0.3 is 6.09 Å². The number of guanidine groups is 1. The number of carbonyl (C=O) groups excluding carboxylic acids is 1. The van der Waals surface area contributed by atoms with Gasteiger partial charge < -0.3 is 29.3 Å². The molecule has 164 valence electrons. The van der Waals surface area contributed by atoms with Gasteiger partial charge in [-0.2, -0.15) is 0 Å². The van der Waals surface area contributed by atoms with Crippen molar-refractivity contribution in [3.8, 4) is 5.88 Å². The first-order valence-corrected chi connectivity index (χ1v) is 9.70. The number of ether oxygens (including phenoxy) is 3. The zero-order chi connectivity index (χ0) is 20.2. The van der Waals surface area contributed by atoms with Crippen LogP contribution in [-0.2, 0) is 16.0 Å². The van der Waals surface area contributed by atoms with Gasteiger partial charge in [0.15, 0.2) is 5.96 Å². The van der Waals surface area contributed by atoms with E-state index in [4.69, 9.17) is 19.2 Å². The van der Waals surface area contributed by atoms with E-state index >= 15 is 0 Å². The van der Waals surface area contributed by atoms with Gasteiger partial charge in [0.2, 0.25) is 5.88 Å². The molecular weight excluding hydrogens is 489 g/mol. The highest BCUT2D eigenvalue weighted by molar-refractivity contribution is 14.0. The molecule has 1 aromatic rings. The highest BCUT2D eigenvalue weighted by Crippen LogP contribution is 2.16. The van der Waals surface area contributed by atoms with Gasteiger partial charge in [0.25, 0.3) is 0 Å². The molecule has 29 heavy (non-hydrogen) atoms. The number of halogens is 1. The Balaban J connectivity index is 0.00000420. The molecule has 0 aromatic carbocycles. The second kappa shape index (κ2) is 14.2. The molecule has 0 bridgehead atoms. The van der Waals surface area contributed by atoms with Crippen molar-refractivity contribution >= 4 is 36.0 Å². The number of carbonyl (C=O) groups is 1. The maximum atomic E-state index is 11.9. The summed E-state index contributed by atoms with van der Waals surface area (Å²) in [5.74, 6) is 1.39. The quantitative estimate of drug-likeness (QED) is 0.242. The smallest absolute Gasteiger partial charge is 0.409 e. The van der Waals surface area contributed by atoms with Crippen LogP contribution in [0, 0.1) is 0 Å². The number of hydrogen-bond acceptors (Lipinski definition) is 6. The topological polar surface area (TPSA) is 88.5 Å². The molecule has 1 amide bonds. The number of hydrogen-bond donors (Lipinski definition) is 1. The third-order valence-electron chi connectivity index (χ3n) is 4.22. The summed E-state index contributed by atoms with van der Waals surface area (Å²) in [5.41, 5.74) is 0.916. The van der Waals surface area contributed by atoms with E-state index in [1.807, 2.05) is 26.0 Å². The molecule has 1 fully saturated rings. The van der Waals surface area contributed by atoms with Gasteiger partial charge in [-0.25, -0.2) is 14.8 Å². The summed E-state index contributed by atoms with van der Waals surface area (Å²) < 4.78 is 15.8. The molecule has 0 radical (unpaired) electrons. The Labute approximate surface area is 189 Å². The van der Waals surface area contributed by atoms with Crippen molar-refractivity contribution in [2.45, 2.75) is 20.4 Å². The van der Waals surface area contributed by atoms with Crippen molar-refractivity contribution in [2.24, 2.45) is 4.99 Å². The minimum absolute atomic E-state index is 0. The zero-order valence-corrected chi connectivity index (χ0v) is 19.8. The minimum atomic E-state index is -0.253. The molecule has 1 aliphatic heterocycles. The van der Waals surface area contributed by atoms with E-state index in [9.17, 15) is 4.79 Å². The highest BCUT2D eigenvalue weighted by Gasteiger charge is 2.23. The lowest BCUT2D eigenvalue weighted by Gasteiger charge is -2.35. The van der Waals surface area contributed by atoms with Gasteiger partial charge in [-0.3, -0.25) is 0 Å². The summed E-state index contributed by atoms with van der Waals surface area (Å²) in [6.45, 7) is 9.05. The first-order valence-electron chi connectivity index (χ1n) is 9.70. The van der Waals surface area contributed by atoms with Gasteiger partial charge in [-0.15, -0.1) is 24.0 Å². The normalized spacial score (nSPS) is 14.2. The molecular formula is C19H32IN5O4. The summed E-state index contributed by atoms with van der Waals surface area (Å²) >= 11 is 0. The average molecular weight is 521 g/mol. The van der Waals surface area contributed by atoms with Crippen LogP contribution < -0.4 is 10.1 Å². The summed E-state index contributed by atoms with van der Waals surface area (Å²) in [6, 6.07) is 3.83. The van der Waals surface area contributed by atoms with Crippen molar-refractivity contribution in [1.82, 2.24) is 20.1 Å². The Morgan fingerprint density at radius 3 is 2.59 bits per heavy atom. The maximum absolute atomic E-state index is 11.9. The van der Waals surface area contributed by atoms with Crippen LogP contribution in [-0.4, -0.2) is 86.5 Å². The standard InChI is InChI=1S/C19H31N5O4.HI/c1-4-20-18(23-9-11-24(12-10-23)19(25)27-5-2)22-15-16-7-6-8-21-17(16)28-14-13-26-3;/h6-8H,4-5,9-15H2,1-3H3,(H,20,22);1H. The summed E-state index contributed by atoms with van der Waals surface area (Å²) in [6.07, 6.45) is 1.45. The SMILES string of the molecule is CCNC(=NCc1cccnc1OCCOC)N1CCN(C(=O)OCC)CC1.I. The van der Waals surface area contributed by atoms with E-state index in [0.29, 0.717) is 58.4 Å². The molecule has 0 aliphatic carbocycles. The average Bonchev–Trinajstić information content (AvgIpc) is 2.72. The van der Waals surface area contributed by atoms with Crippen molar-refractivity contribution in [3.63, 3.8) is 0 Å². The molecule has 0 unspecified atom stereocenters. The Hall–Kier alpha value is -1.82. The van der Waals surface area contributed by atoms with Gasteiger partial charge in [0.1, 0.15) is 6.61 Å². The molecule has 0 spiro atoms. The third-order valence-corrected chi connectivity index (χ3v) is 4.22. The number of piperazine rings is 1. The Bertz CT molecular complexity index is 639. The number of aliphatic imine (C=N–C) groups is 1. The van der Waals surface area contributed by atoms with Crippen LogP contribution in [0.3, 0.4) is 0 Å². The van der Waals surface area contributed by atoms with E-state index in [-0.39, 0.29) is 30.1 Å². The molecule has 1 aromatic heterocycles. The first kappa shape index (κ1) is 25.2. The van der Waals surface area contributed by atoms with Gasteiger partial charge in [0.05, 0.1) is 19.8 Å². The fourth-order valence-corrected chi connectivity index (χ4v) is 2.80. The maximum Gasteiger partial charge on any atom is 0.409 e. The summed E-state index contributed by atoms with van der Waals surface area (Å²) in [5, 5.41) is 3.32. The van der Waals surface area contributed by atoms with Gasteiger partial charge in [-0.05, 0) is 19.9 Å². The zero-order valence-electron chi connectivity index (χ0n) is 17.4. The number of nitrogens with one attached hydrogen (secondary N) is 1. The Morgan fingerprint density at radius 1 is 1.21 bits per heavy atom. The first-order chi connectivity index (χ1) is 13.7. The largest absolute Gasteiger partial charge is 0.475 e. The highest BCUT2D eigenvalue weighted by atomic mass is 127. The Kier molecular flexibility index (Phi) is 12.4. The number of methoxy groups -OCH3 is 1. The summed E-state index contributed by atoms with van der Waals surface area (Å²) in [7, 11) is 1.64. The molecule has 2 rings (SSSR count). The number of rotatable bonds is 8. The fourth-order valence-electron chi connectivity index (χ4n) is 2.80. The molecule has 1 N–H and O–H groups in total. The van der Waals surface area contributed by atoms with E-state index in [0.717, 1.165) is 18.1 Å². The lowest BCUT2D eigenvalue weighted by atomic mass is 10.3. The molecule has 1 aliphatic rings. The van der Waals surface area contributed by atoms with Crippen LogP contribution in [0.15, 0.2) is 23.3 Å². The van der Waals surface area contributed by atoms with Crippen molar-refractivity contribution < 1.29 is 19.0 Å². The van der Waals surface area contributed by atoms with Crippen LogP contribution in [0.4, 0.5) is 4.79 Å². The molecule has 10 heteroatoms. The van der Waals surface area contributed by atoms with Crippen LogP contribution in [0.25, 0.3) is 0 Å². The molecule has 2 heterocycles. The van der Waals surface area contributed by atoms with Gasteiger partial charge in [0, 0.05) is 51.6 Å². The lowest BCUT2D eigenvalue weighted by Crippen LogP contribution is -2.53. The van der Waals surface area contributed by atoms with Gasteiger partial charge in [-0.1, -0.05) is 6.07 Å². The second-order valence-corrected chi connectivity index (χ2v) is 6.15. The van der Waals surface area contributed by atoms with Crippen molar-refractivity contribution in [2.75, 3.05) is 59.7 Å². The molecule has 0 atom stereocenters. The fraction of sp³-hybridized carbons (Fsp3) is 0.632. The van der Waals surface area contributed by atoms with E-state index < -0.39 is 0 Å². The van der Waals surface area contributed by atoms with Crippen LogP contribution >= 0.6 is 24.0 Å². The molecule has 9 nitrogen and oxygen atoms in total. The van der Waals surface area contributed by atoms with E-state index in [1.54, 1.807) is 18.2 Å². The number of aromatic nitrogens is 1. The second-order valence-electron chi connectivity index (χ2n) is 6.15. The minimum Gasteiger partial charge on any atom is -0.475 e. The number of amides is 1. The molecule has 1 saturated heterocycles. The molecule has 0 saturated carbocycles. The number of nitrogens with zero attached hydrogens (tertiary/aromatic N) is 4. The predicted octanol–water partition coefficient (Wildman–Crippen LogP) is 1.96. The number of pyridine rings is 1. The Morgan fingerprint density at radius 2 is 1.93 bits per heavy atom. The van der Waals surface area contributed by atoms with E-state index in [1.165, 1.54) is 0 Å². The van der Waals surface area contributed by atoms with Crippen molar-refractivity contribution in [1.29, 1.82) is 0 Å². The monoisotopic (exact) mass is 521 g/mol. The predicted molar refractivity (Wildman–Crippen MR) is 122 cm³/mol. The van der Waals surface area contributed by atoms with Crippen molar-refractivity contribution in [3.05, 3.63) is 23.9 Å². The van der Waals surface area contributed by atoms with Crippen LogP contribution in [0.5, 0.6) is 5.88 Å². The lowest BCUT2D eigenvalue weighted by molar-refractivity contribution is 0.0914. The van der Waals surface area contributed by atoms with Crippen LogP contribution in [0.2, 0.25) is 0 Å². The van der Waals surface area contributed by atoms with E-state index in [2.05, 4.69) is 15.2 Å².